The summed E-state index contributed by atoms with van der Waals surface area (Å²) in [4.78, 5) is 12.8. The van der Waals surface area contributed by atoms with Gasteiger partial charge in [0.15, 0.2) is 0 Å². The molecular weight excluding hydrogens is 388 g/mol. The average molecular weight is 423 g/mol. The molecule has 29 heavy (non-hydrogen) atoms. The van der Waals surface area contributed by atoms with Crippen molar-refractivity contribution in [2.45, 2.75) is 69.8 Å². The Bertz CT molecular complexity index is 799. The van der Waals surface area contributed by atoms with Crippen molar-refractivity contribution in [3.05, 3.63) is 29.3 Å². The van der Waals surface area contributed by atoms with Crippen molar-refractivity contribution in [1.82, 2.24) is 9.62 Å². The Labute approximate surface area is 175 Å². The predicted molar refractivity (Wildman–Crippen MR) is 113 cm³/mol. The van der Waals surface area contributed by atoms with E-state index in [1.54, 1.807) is 6.07 Å². The number of nitrogens with zero attached hydrogens (tertiary/aromatic N) is 1. The van der Waals surface area contributed by atoms with Gasteiger partial charge >= 0.3 is 0 Å². The first kappa shape index (κ1) is 22.2. The molecule has 1 heterocycles. The highest BCUT2D eigenvalue weighted by Crippen LogP contribution is 2.28. The summed E-state index contributed by atoms with van der Waals surface area (Å²) in [6, 6.07) is 5.59. The minimum Gasteiger partial charge on any atom is -0.379 e. The number of hydrogen-bond acceptors (Lipinski definition) is 4. The molecule has 1 fully saturated rings. The number of amides is 1. The maximum Gasteiger partial charge on any atom is 0.243 e. The average Bonchev–Trinajstić information content (AvgIpc) is 2.73. The number of fused-ring (bicyclic) bond motifs is 1. The standard InChI is InChI=1S/C22H34N2O4S/c1-17(2)28-15-5-12-23-22(25)19-10-13-24(14-11-19)29(26,27)21-9-8-18-6-3-4-7-20(18)16-21/h8-9,16-17,19H,3-7,10-15H2,1-2H3,(H,23,25). The molecule has 2 aliphatic rings. The maximum absolute atomic E-state index is 13.1. The lowest BCUT2D eigenvalue weighted by Crippen LogP contribution is -2.43. The van der Waals surface area contributed by atoms with Crippen LogP contribution in [0.4, 0.5) is 0 Å². The molecule has 0 bridgehead atoms. The fourth-order valence-electron chi connectivity index (χ4n) is 4.12. The summed E-state index contributed by atoms with van der Waals surface area (Å²) in [6.07, 6.45) is 6.43. The Morgan fingerprint density at radius 1 is 1.17 bits per heavy atom. The van der Waals surface area contributed by atoms with Crippen LogP contribution in [0.15, 0.2) is 23.1 Å². The van der Waals surface area contributed by atoms with Gasteiger partial charge in [-0.15, -0.1) is 0 Å². The fraction of sp³-hybridized carbons (Fsp3) is 0.682. The van der Waals surface area contributed by atoms with Gasteiger partial charge in [-0.3, -0.25) is 4.79 Å². The van der Waals surface area contributed by atoms with Crippen LogP contribution >= 0.6 is 0 Å². The molecule has 0 atom stereocenters. The van der Waals surface area contributed by atoms with Crippen molar-refractivity contribution in [2.75, 3.05) is 26.2 Å². The van der Waals surface area contributed by atoms with Gasteiger partial charge in [0, 0.05) is 32.2 Å². The van der Waals surface area contributed by atoms with Gasteiger partial charge in [-0.25, -0.2) is 8.42 Å². The Morgan fingerprint density at radius 2 is 1.86 bits per heavy atom. The molecule has 0 spiro atoms. The number of benzene rings is 1. The van der Waals surface area contributed by atoms with Gasteiger partial charge in [0.1, 0.15) is 0 Å². The predicted octanol–water partition coefficient (Wildman–Crippen LogP) is 2.90. The van der Waals surface area contributed by atoms with Crippen LogP contribution in [-0.2, 0) is 32.4 Å². The molecule has 0 unspecified atom stereocenters. The first-order valence-corrected chi connectivity index (χ1v) is 12.3. The molecule has 3 rings (SSSR count). The van der Waals surface area contributed by atoms with E-state index in [9.17, 15) is 13.2 Å². The molecule has 0 aromatic heterocycles. The van der Waals surface area contributed by atoms with Gasteiger partial charge in [-0.1, -0.05) is 6.07 Å². The number of rotatable bonds is 8. The third-order valence-electron chi connectivity index (χ3n) is 5.85. The molecule has 1 saturated heterocycles. The molecule has 1 aliphatic heterocycles. The van der Waals surface area contributed by atoms with Crippen LogP contribution in [0.1, 0.15) is 57.1 Å². The van der Waals surface area contributed by atoms with Crippen LogP contribution in [-0.4, -0.2) is 51.0 Å². The fourth-order valence-corrected chi connectivity index (χ4v) is 5.65. The SMILES string of the molecule is CC(C)OCCCNC(=O)C1CCN(S(=O)(=O)c2ccc3c(c2)CCCC3)CC1. The first-order chi connectivity index (χ1) is 13.9. The van der Waals surface area contributed by atoms with Crippen molar-refractivity contribution in [3.63, 3.8) is 0 Å². The van der Waals surface area contributed by atoms with E-state index in [-0.39, 0.29) is 17.9 Å². The third-order valence-corrected chi connectivity index (χ3v) is 7.75. The van der Waals surface area contributed by atoms with Crippen molar-refractivity contribution in [2.24, 2.45) is 5.92 Å². The quantitative estimate of drug-likeness (QED) is 0.654. The van der Waals surface area contributed by atoms with E-state index in [1.165, 1.54) is 21.9 Å². The molecule has 1 amide bonds. The number of carbonyl (C=O) groups excluding carboxylic acids is 1. The summed E-state index contributed by atoms with van der Waals surface area (Å²) in [6.45, 7) is 6.01. The smallest absolute Gasteiger partial charge is 0.243 e. The van der Waals surface area contributed by atoms with E-state index in [0.717, 1.165) is 25.7 Å². The monoisotopic (exact) mass is 422 g/mol. The number of aryl methyl sites for hydroxylation is 2. The number of carbonyl (C=O) groups is 1. The Hall–Kier alpha value is -1.44. The number of hydrogen-bond donors (Lipinski definition) is 1. The normalized spacial score (nSPS) is 18.6. The van der Waals surface area contributed by atoms with Gasteiger partial charge in [0.05, 0.1) is 11.0 Å². The number of nitrogens with one attached hydrogen (secondary N) is 1. The highest BCUT2D eigenvalue weighted by atomic mass is 32.2. The van der Waals surface area contributed by atoms with Crippen molar-refractivity contribution in [3.8, 4) is 0 Å². The van der Waals surface area contributed by atoms with Crippen molar-refractivity contribution >= 4 is 15.9 Å². The van der Waals surface area contributed by atoms with Crippen LogP contribution in [0.5, 0.6) is 0 Å². The molecule has 7 heteroatoms. The van der Waals surface area contributed by atoms with E-state index in [1.807, 2.05) is 26.0 Å². The second-order valence-corrected chi connectivity index (χ2v) is 10.3. The second-order valence-electron chi connectivity index (χ2n) is 8.38. The highest BCUT2D eigenvalue weighted by Gasteiger charge is 2.32. The van der Waals surface area contributed by atoms with E-state index in [0.29, 0.717) is 44.0 Å². The lowest BCUT2D eigenvalue weighted by molar-refractivity contribution is -0.126. The molecule has 1 aromatic rings. The van der Waals surface area contributed by atoms with E-state index >= 15 is 0 Å². The Kier molecular flexibility index (Phi) is 7.71. The van der Waals surface area contributed by atoms with E-state index in [4.69, 9.17) is 4.74 Å². The maximum atomic E-state index is 13.1. The summed E-state index contributed by atoms with van der Waals surface area (Å²) in [5.41, 5.74) is 2.46. The summed E-state index contributed by atoms with van der Waals surface area (Å²) in [7, 11) is -3.49. The molecule has 0 radical (unpaired) electrons. The van der Waals surface area contributed by atoms with Gasteiger partial charge in [0.25, 0.3) is 0 Å². The van der Waals surface area contributed by atoms with Crippen LogP contribution in [0.25, 0.3) is 0 Å². The van der Waals surface area contributed by atoms with Crippen LogP contribution in [0.2, 0.25) is 0 Å². The molecular formula is C22H34N2O4S. The van der Waals surface area contributed by atoms with Gasteiger partial charge in [0.2, 0.25) is 15.9 Å². The summed E-state index contributed by atoms with van der Waals surface area (Å²) >= 11 is 0. The zero-order valence-corrected chi connectivity index (χ0v) is 18.5. The van der Waals surface area contributed by atoms with Gasteiger partial charge in [-0.05, 0) is 82.1 Å². The lowest BCUT2D eigenvalue weighted by Gasteiger charge is -2.31. The molecule has 0 saturated carbocycles. The summed E-state index contributed by atoms with van der Waals surface area (Å²) in [5, 5.41) is 2.96. The van der Waals surface area contributed by atoms with Crippen LogP contribution in [0.3, 0.4) is 0 Å². The summed E-state index contributed by atoms with van der Waals surface area (Å²) < 4.78 is 33.1. The minimum absolute atomic E-state index is 0.0281. The summed E-state index contributed by atoms with van der Waals surface area (Å²) in [5.74, 6) is -0.0867. The molecule has 1 aromatic carbocycles. The van der Waals surface area contributed by atoms with Crippen LogP contribution < -0.4 is 5.32 Å². The lowest BCUT2D eigenvalue weighted by atomic mass is 9.92. The van der Waals surface area contributed by atoms with E-state index in [2.05, 4.69) is 5.32 Å². The Balaban J connectivity index is 1.50. The number of ether oxygens (including phenoxy) is 1. The minimum atomic E-state index is -3.49. The zero-order chi connectivity index (χ0) is 20.9. The number of piperidine rings is 1. The van der Waals surface area contributed by atoms with E-state index < -0.39 is 10.0 Å². The van der Waals surface area contributed by atoms with Crippen LogP contribution in [0, 0.1) is 5.92 Å². The highest BCUT2D eigenvalue weighted by molar-refractivity contribution is 7.89. The molecule has 162 valence electrons. The van der Waals surface area contributed by atoms with Crippen molar-refractivity contribution < 1.29 is 17.9 Å². The van der Waals surface area contributed by atoms with Gasteiger partial charge in [-0.2, -0.15) is 4.31 Å². The zero-order valence-electron chi connectivity index (χ0n) is 17.7. The third kappa shape index (κ3) is 5.80. The second kappa shape index (κ2) is 10.0. The van der Waals surface area contributed by atoms with Gasteiger partial charge < -0.3 is 10.1 Å². The molecule has 1 N–H and O–H groups in total. The Morgan fingerprint density at radius 3 is 2.55 bits per heavy atom. The topological polar surface area (TPSA) is 75.7 Å². The largest absolute Gasteiger partial charge is 0.379 e. The number of sulfonamides is 1. The van der Waals surface area contributed by atoms with Crippen molar-refractivity contribution in [1.29, 1.82) is 0 Å². The molecule has 1 aliphatic carbocycles. The first-order valence-electron chi connectivity index (χ1n) is 10.9. The molecule has 6 nitrogen and oxygen atoms in total.